The molecule has 0 N–H and O–H groups in total. The average Bonchev–Trinajstić information content (AvgIpc) is 3.25. The van der Waals surface area contributed by atoms with Gasteiger partial charge in [-0.1, -0.05) is 36.4 Å². The fraction of sp³-hybridized carbons (Fsp3) is 0.464. The molecule has 2 aliphatic heterocycles. The van der Waals surface area contributed by atoms with Gasteiger partial charge in [-0.15, -0.1) is 0 Å². The summed E-state index contributed by atoms with van der Waals surface area (Å²) >= 11 is 0. The number of aromatic nitrogens is 1. The number of carbonyl (C=O) groups is 1. The van der Waals surface area contributed by atoms with Gasteiger partial charge in [0.25, 0.3) is 5.91 Å². The molecule has 0 aliphatic carbocycles. The molecule has 0 radical (unpaired) electrons. The van der Waals surface area contributed by atoms with Crippen LogP contribution in [-0.4, -0.2) is 65.1 Å². The van der Waals surface area contributed by atoms with Crippen molar-refractivity contribution in [3.05, 3.63) is 71.9 Å². The van der Waals surface area contributed by atoms with E-state index in [0.717, 1.165) is 61.8 Å². The van der Waals surface area contributed by atoms with E-state index >= 15 is 0 Å². The van der Waals surface area contributed by atoms with Crippen LogP contribution in [0, 0.1) is 0 Å². The quantitative estimate of drug-likeness (QED) is 0.585. The topological polar surface area (TPSA) is 31.7 Å². The summed E-state index contributed by atoms with van der Waals surface area (Å²) in [6.07, 6.45) is 7.75. The zero-order valence-corrected chi connectivity index (χ0v) is 20.2. The van der Waals surface area contributed by atoms with Crippen LogP contribution in [0.15, 0.2) is 60.8 Å². The van der Waals surface area contributed by atoms with Crippen molar-refractivity contribution < 1.29 is 4.79 Å². The fourth-order valence-corrected chi connectivity index (χ4v) is 6.11. The Balaban J connectivity index is 1.38. The largest absolute Gasteiger partial charge is 0.351 e. The lowest BCUT2D eigenvalue weighted by atomic mass is 9.79. The van der Waals surface area contributed by atoms with Crippen LogP contribution in [-0.2, 0) is 12.6 Å². The predicted molar refractivity (Wildman–Crippen MR) is 134 cm³/mol. The minimum absolute atomic E-state index is 0.0664. The van der Waals surface area contributed by atoms with Crippen molar-refractivity contribution in [2.75, 3.05) is 33.7 Å². The number of nitrogens with zero attached hydrogens (tertiary/aromatic N) is 4. The molecule has 1 aromatic heterocycles. The molecule has 5 rings (SSSR count). The lowest BCUT2D eigenvalue weighted by Crippen LogP contribution is -2.58. The SMILES string of the molecule is CN(C)C1(c2ccccc2)CCN(C2CCCCN2C(=O)c2cccc3c2ccn3C)CC1. The predicted octanol–water partition coefficient (Wildman–Crippen LogP) is 4.68. The number of amides is 1. The smallest absolute Gasteiger partial charge is 0.255 e. The molecule has 2 aliphatic rings. The second kappa shape index (κ2) is 8.96. The Bertz CT molecular complexity index is 1110. The molecule has 5 heteroatoms. The highest BCUT2D eigenvalue weighted by atomic mass is 16.2. The van der Waals surface area contributed by atoms with E-state index in [1.807, 2.05) is 25.4 Å². The van der Waals surface area contributed by atoms with Crippen molar-refractivity contribution in [3.63, 3.8) is 0 Å². The fourth-order valence-electron chi connectivity index (χ4n) is 6.11. The first kappa shape index (κ1) is 22.2. The molecule has 1 unspecified atom stereocenters. The number of carbonyl (C=O) groups excluding carboxylic acids is 1. The van der Waals surface area contributed by atoms with Gasteiger partial charge in [0.2, 0.25) is 0 Å². The van der Waals surface area contributed by atoms with E-state index in [2.05, 4.69) is 75.8 Å². The monoisotopic (exact) mass is 444 g/mol. The first-order chi connectivity index (χ1) is 16.0. The third-order valence-corrected chi connectivity index (χ3v) is 8.10. The van der Waals surface area contributed by atoms with Crippen molar-refractivity contribution in [3.8, 4) is 0 Å². The zero-order chi connectivity index (χ0) is 23.0. The van der Waals surface area contributed by atoms with Crippen molar-refractivity contribution in [1.82, 2.24) is 19.3 Å². The van der Waals surface area contributed by atoms with Crippen LogP contribution < -0.4 is 0 Å². The number of piperidine rings is 2. The van der Waals surface area contributed by atoms with Crippen molar-refractivity contribution in [1.29, 1.82) is 0 Å². The molecular formula is C28H36N4O. The van der Waals surface area contributed by atoms with Crippen LogP contribution in [0.5, 0.6) is 0 Å². The van der Waals surface area contributed by atoms with E-state index in [1.54, 1.807) is 0 Å². The summed E-state index contributed by atoms with van der Waals surface area (Å²) in [6, 6.07) is 19.1. The van der Waals surface area contributed by atoms with Crippen molar-refractivity contribution in [2.24, 2.45) is 7.05 Å². The molecule has 1 amide bonds. The molecule has 33 heavy (non-hydrogen) atoms. The summed E-state index contributed by atoms with van der Waals surface area (Å²) in [5, 5.41) is 1.06. The van der Waals surface area contributed by atoms with E-state index < -0.39 is 0 Å². The molecule has 0 saturated carbocycles. The van der Waals surface area contributed by atoms with Gasteiger partial charge in [0.1, 0.15) is 0 Å². The Hall–Kier alpha value is -2.63. The standard InChI is InChI=1S/C28H36N4O/c1-29(2)28(22-10-5-4-6-11-22)16-20-31(21-17-28)26-14-7-8-18-32(26)27(33)24-12-9-13-25-23(24)15-19-30(25)3/h4-6,9-13,15,19,26H,7-8,14,16-18,20-21H2,1-3H3. The normalized spacial score (nSPS) is 21.6. The van der Waals surface area contributed by atoms with E-state index in [-0.39, 0.29) is 17.6 Å². The van der Waals surface area contributed by atoms with Gasteiger partial charge in [0.05, 0.1) is 6.17 Å². The summed E-state index contributed by atoms with van der Waals surface area (Å²) in [6.45, 7) is 2.87. The van der Waals surface area contributed by atoms with Crippen LogP contribution in [0.3, 0.4) is 0 Å². The molecule has 1 atom stereocenters. The van der Waals surface area contributed by atoms with Crippen LogP contribution in [0.4, 0.5) is 0 Å². The third-order valence-electron chi connectivity index (χ3n) is 8.10. The average molecular weight is 445 g/mol. The Morgan fingerprint density at radius 2 is 1.70 bits per heavy atom. The summed E-state index contributed by atoms with van der Waals surface area (Å²) in [5.41, 5.74) is 3.42. The highest BCUT2D eigenvalue weighted by Crippen LogP contribution is 2.39. The van der Waals surface area contributed by atoms with Gasteiger partial charge >= 0.3 is 0 Å². The maximum absolute atomic E-state index is 13.8. The number of rotatable bonds is 4. The van der Waals surface area contributed by atoms with Gasteiger partial charge in [-0.3, -0.25) is 14.6 Å². The number of fused-ring (bicyclic) bond motifs is 1. The molecular weight excluding hydrogens is 408 g/mol. The van der Waals surface area contributed by atoms with E-state index in [4.69, 9.17) is 0 Å². The number of benzene rings is 2. The molecule has 3 heterocycles. The van der Waals surface area contributed by atoms with Crippen LogP contribution >= 0.6 is 0 Å². The molecule has 0 spiro atoms. The molecule has 2 aromatic carbocycles. The number of aryl methyl sites for hydroxylation is 1. The van der Waals surface area contributed by atoms with Crippen molar-refractivity contribution in [2.45, 2.75) is 43.8 Å². The van der Waals surface area contributed by atoms with Gasteiger partial charge in [-0.25, -0.2) is 0 Å². The highest BCUT2D eigenvalue weighted by Gasteiger charge is 2.41. The molecule has 3 aromatic rings. The molecule has 0 bridgehead atoms. The maximum atomic E-state index is 13.8. The Labute approximate surface area is 197 Å². The van der Waals surface area contributed by atoms with E-state index in [0.29, 0.717) is 0 Å². The number of likely N-dealkylation sites (tertiary alicyclic amines) is 2. The molecule has 5 nitrogen and oxygen atoms in total. The van der Waals surface area contributed by atoms with Crippen LogP contribution in [0.25, 0.3) is 10.9 Å². The Morgan fingerprint density at radius 1 is 0.939 bits per heavy atom. The first-order valence-corrected chi connectivity index (χ1v) is 12.3. The third kappa shape index (κ3) is 3.87. The van der Waals surface area contributed by atoms with Crippen molar-refractivity contribution >= 4 is 16.8 Å². The Morgan fingerprint density at radius 3 is 2.42 bits per heavy atom. The summed E-state index contributed by atoms with van der Waals surface area (Å²) in [7, 11) is 6.46. The first-order valence-electron chi connectivity index (χ1n) is 12.3. The van der Waals surface area contributed by atoms with E-state index in [1.165, 1.54) is 12.0 Å². The molecule has 2 saturated heterocycles. The van der Waals surface area contributed by atoms with Gasteiger partial charge in [0, 0.05) is 54.9 Å². The van der Waals surface area contributed by atoms with E-state index in [9.17, 15) is 4.79 Å². The lowest BCUT2D eigenvalue weighted by molar-refractivity contribution is -0.0251. The van der Waals surface area contributed by atoms with Crippen LogP contribution in [0.1, 0.15) is 48.0 Å². The number of hydrogen-bond acceptors (Lipinski definition) is 3. The van der Waals surface area contributed by atoms with Crippen LogP contribution in [0.2, 0.25) is 0 Å². The molecule has 174 valence electrons. The maximum Gasteiger partial charge on any atom is 0.255 e. The minimum atomic E-state index is 0.0664. The second-order valence-electron chi connectivity index (χ2n) is 9.97. The summed E-state index contributed by atoms with van der Waals surface area (Å²) in [4.78, 5) is 21.0. The van der Waals surface area contributed by atoms with Gasteiger partial charge in [-0.2, -0.15) is 0 Å². The minimum Gasteiger partial charge on any atom is -0.351 e. The van der Waals surface area contributed by atoms with Gasteiger partial charge in [-0.05, 0) is 70.0 Å². The Kier molecular flexibility index (Phi) is 6.02. The summed E-state index contributed by atoms with van der Waals surface area (Å²) in [5.74, 6) is 0.184. The van der Waals surface area contributed by atoms with Gasteiger partial charge in [0.15, 0.2) is 0 Å². The summed E-state index contributed by atoms with van der Waals surface area (Å²) < 4.78 is 2.09. The lowest BCUT2D eigenvalue weighted by Gasteiger charge is -2.51. The molecule has 2 fully saturated rings. The number of hydrogen-bond donors (Lipinski definition) is 0. The van der Waals surface area contributed by atoms with Gasteiger partial charge < -0.3 is 9.47 Å². The zero-order valence-electron chi connectivity index (χ0n) is 20.2. The highest BCUT2D eigenvalue weighted by molar-refractivity contribution is 6.06. The second-order valence-corrected chi connectivity index (χ2v) is 9.97.